The molecule has 24 heavy (non-hydrogen) atoms. The number of sulfonamides is 1. The average Bonchev–Trinajstić information content (AvgIpc) is 2.47. The molecule has 0 aliphatic rings. The monoisotopic (exact) mass is 372 g/mol. The van der Waals surface area contributed by atoms with Crippen LogP contribution in [0.4, 0.5) is 15.8 Å². The van der Waals surface area contributed by atoms with Gasteiger partial charge < -0.3 is 10.1 Å². The predicted octanol–water partition coefficient (Wildman–Crippen LogP) is 3.25. The molecule has 9 heteroatoms. The van der Waals surface area contributed by atoms with Crippen molar-refractivity contribution in [2.75, 3.05) is 17.1 Å². The van der Waals surface area contributed by atoms with Gasteiger partial charge in [0, 0.05) is 13.0 Å². The molecule has 2 rings (SSSR count). The molecule has 0 radical (unpaired) electrons. The fourth-order valence-electron chi connectivity index (χ4n) is 1.93. The summed E-state index contributed by atoms with van der Waals surface area (Å²) in [6.07, 6.45) is 0. The van der Waals surface area contributed by atoms with Crippen LogP contribution in [0, 0.1) is 5.82 Å². The van der Waals surface area contributed by atoms with Crippen molar-refractivity contribution in [1.82, 2.24) is 0 Å². The maximum Gasteiger partial charge on any atom is 0.263 e. The first kappa shape index (κ1) is 18.0. The Bertz CT molecular complexity index is 887. The van der Waals surface area contributed by atoms with Crippen molar-refractivity contribution in [3.8, 4) is 5.75 Å². The number of nitrogens with one attached hydrogen (secondary N) is 2. The Hall–Kier alpha value is -2.32. The summed E-state index contributed by atoms with van der Waals surface area (Å²) in [7, 11) is -2.68. The summed E-state index contributed by atoms with van der Waals surface area (Å²) in [5, 5.41) is 2.25. The molecule has 0 saturated carbocycles. The zero-order chi connectivity index (χ0) is 17.9. The van der Waals surface area contributed by atoms with Crippen molar-refractivity contribution in [3.05, 3.63) is 47.2 Å². The van der Waals surface area contributed by atoms with Gasteiger partial charge in [-0.25, -0.2) is 12.8 Å². The van der Waals surface area contributed by atoms with E-state index in [1.807, 2.05) is 0 Å². The number of ether oxygens (including phenoxy) is 1. The molecule has 1 amide bonds. The van der Waals surface area contributed by atoms with Gasteiger partial charge in [-0.15, -0.1) is 0 Å². The van der Waals surface area contributed by atoms with Gasteiger partial charge in [-0.1, -0.05) is 11.6 Å². The van der Waals surface area contributed by atoms with Crippen molar-refractivity contribution in [2.24, 2.45) is 0 Å². The predicted molar refractivity (Wildman–Crippen MR) is 89.5 cm³/mol. The highest BCUT2D eigenvalue weighted by Gasteiger charge is 2.20. The van der Waals surface area contributed by atoms with Gasteiger partial charge in [0.05, 0.1) is 23.5 Å². The van der Waals surface area contributed by atoms with E-state index in [1.165, 1.54) is 26.2 Å². The number of benzene rings is 2. The lowest BCUT2D eigenvalue weighted by Crippen LogP contribution is -2.16. The first-order valence-electron chi connectivity index (χ1n) is 6.66. The Kier molecular flexibility index (Phi) is 5.30. The minimum atomic E-state index is -4.10. The maximum atomic E-state index is 13.1. The van der Waals surface area contributed by atoms with E-state index in [-0.39, 0.29) is 27.2 Å². The number of hydrogen-bond acceptors (Lipinski definition) is 4. The van der Waals surface area contributed by atoms with Gasteiger partial charge in [0.15, 0.2) is 0 Å². The Morgan fingerprint density at radius 1 is 1.17 bits per heavy atom. The number of rotatable bonds is 5. The van der Waals surface area contributed by atoms with Gasteiger partial charge >= 0.3 is 0 Å². The van der Waals surface area contributed by atoms with Crippen LogP contribution in [-0.4, -0.2) is 21.4 Å². The van der Waals surface area contributed by atoms with E-state index in [4.69, 9.17) is 16.3 Å². The highest BCUT2D eigenvalue weighted by Crippen LogP contribution is 2.31. The largest absolute Gasteiger partial charge is 0.497 e. The summed E-state index contributed by atoms with van der Waals surface area (Å²) in [4.78, 5) is 11.0. The summed E-state index contributed by atoms with van der Waals surface area (Å²) >= 11 is 5.81. The van der Waals surface area contributed by atoms with Crippen LogP contribution in [0.1, 0.15) is 6.92 Å². The van der Waals surface area contributed by atoms with Gasteiger partial charge in [-0.2, -0.15) is 0 Å². The van der Waals surface area contributed by atoms with Crippen molar-refractivity contribution >= 4 is 38.9 Å². The SMILES string of the molecule is COc1ccc(NC(C)=O)c(NS(=O)(=O)c2ccc(F)cc2Cl)c1. The quantitative estimate of drug-likeness (QED) is 0.843. The third-order valence-corrected chi connectivity index (χ3v) is 4.81. The smallest absolute Gasteiger partial charge is 0.263 e. The van der Waals surface area contributed by atoms with Gasteiger partial charge in [-0.3, -0.25) is 9.52 Å². The normalized spacial score (nSPS) is 11.0. The van der Waals surface area contributed by atoms with E-state index in [0.717, 1.165) is 18.2 Å². The topological polar surface area (TPSA) is 84.5 Å². The molecule has 2 aromatic rings. The lowest BCUT2D eigenvalue weighted by molar-refractivity contribution is -0.114. The molecule has 6 nitrogen and oxygen atoms in total. The Morgan fingerprint density at radius 3 is 2.46 bits per heavy atom. The molecule has 0 aliphatic carbocycles. The molecule has 0 saturated heterocycles. The second kappa shape index (κ2) is 7.06. The average molecular weight is 373 g/mol. The molecule has 0 atom stereocenters. The van der Waals surface area contributed by atoms with Crippen LogP contribution in [0.5, 0.6) is 5.75 Å². The Labute approximate surface area is 143 Å². The van der Waals surface area contributed by atoms with Gasteiger partial charge in [0.2, 0.25) is 5.91 Å². The van der Waals surface area contributed by atoms with Crippen molar-refractivity contribution in [3.63, 3.8) is 0 Å². The maximum absolute atomic E-state index is 13.1. The van der Waals surface area contributed by atoms with Crippen LogP contribution in [0.25, 0.3) is 0 Å². The van der Waals surface area contributed by atoms with E-state index in [9.17, 15) is 17.6 Å². The number of hydrogen-bond donors (Lipinski definition) is 2. The summed E-state index contributed by atoms with van der Waals surface area (Å²) < 4.78 is 45.5. The molecule has 0 aromatic heterocycles. The summed E-state index contributed by atoms with van der Waals surface area (Å²) in [6.45, 7) is 1.29. The van der Waals surface area contributed by atoms with Crippen molar-refractivity contribution in [1.29, 1.82) is 0 Å². The Morgan fingerprint density at radius 2 is 1.88 bits per heavy atom. The number of carbonyl (C=O) groups excluding carboxylic acids is 1. The standard InChI is InChI=1S/C15H14ClFN2O4S/c1-9(20)18-13-5-4-11(23-2)8-14(13)19-24(21,22)15-6-3-10(17)7-12(15)16/h3-8,19H,1-2H3,(H,18,20). The molecule has 128 valence electrons. The molecule has 2 aromatic carbocycles. The summed E-state index contributed by atoms with van der Waals surface area (Å²) in [5.74, 6) is -0.647. The van der Waals surface area contributed by atoms with Gasteiger partial charge in [0.25, 0.3) is 10.0 Å². The van der Waals surface area contributed by atoms with E-state index in [2.05, 4.69) is 10.0 Å². The minimum Gasteiger partial charge on any atom is -0.497 e. The number of methoxy groups -OCH3 is 1. The lowest BCUT2D eigenvalue weighted by Gasteiger charge is -2.15. The van der Waals surface area contributed by atoms with E-state index in [0.29, 0.717) is 5.75 Å². The van der Waals surface area contributed by atoms with E-state index in [1.54, 1.807) is 6.07 Å². The summed E-state index contributed by atoms with van der Waals surface area (Å²) in [6, 6.07) is 7.40. The molecular weight excluding hydrogens is 359 g/mol. The molecule has 0 aliphatic heterocycles. The third-order valence-electron chi connectivity index (χ3n) is 2.97. The van der Waals surface area contributed by atoms with Crippen LogP contribution in [-0.2, 0) is 14.8 Å². The molecule has 0 heterocycles. The molecule has 0 spiro atoms. The zero-order valence-corrected chi connectivity index (χ0v) is 14.3. The van der Waals surface area contributed by atoms with Gasteiger partial charge in [0.1, 0.15) is 16.5 Å². The van der Waals surface area contributed by atoms with Crippen LogP contribution in [0.2, 0.25) is 5.02 Å². The van der Waals surface area contributed by atoms with Crippen LogP contribution >= 0.6 is 11.6 Å². The van der Waals surface area contributed by atoms with Crippen molar-refractivity contribution in [2.45, 2.75) is 11.8 Å². The Balaban J connectivity index is 2.46. The van der Waals surface area contributed by atoms with E-state index < -0.39 is 15.8 Å². The number of anilines is 2. The van der Waals surface area contributed by atoms with Crippen LogP contribution < -0.4 is 14.8 Å². The molecule has 2 N–H and O–H groups in total. The number of carbonyl (C=O) groups is 1. The molecule has 0 unspecified atom stereocenters. The first-order valence-corrected chi connectivity index (χ1v) is 8.52. The second-order valence-electron chi connectivity index (χ2n) is 4.77. The lowest BCUT2D eigenvalue weighted by atomic mass is 10.2. The van der Waals surface area contributed by atoms with E-state index >= 15 is 0 Å². The minimum absolute atomic E-state index is 0.0879. The second-order valence-corrected chi connectivity index (χ2v) is 6.83. The fraction of sp³-hybridized carbons (Fsp3) is 0.133. The highest BCUT2D eigenvalue weighted by molar-refractivity contribution is 7.92. The van der Waals surface area contributed by atoms with Crippen LogP contribution in [0.15, 0.2) is 41.3 Å². The molecule has 0 bridgehead atoms. The number of amides is 1. The summed E-state index contributed by atoms with van der Waals surface area (Å²) in [5.41, 5.74) is 0.329. The first-order chi connectivity index (χ1) is 11.2. The molecule has 0 fully saturated rings. The number of halogens is 2. The van der Waals surface area contributed by atoms with Crippen molar-refractivity contribution < 1.29 is 22.3 Å². The fourth-order valence-corrected chi connectivity index (χ4v) is 3.53. The third kappa shape index (κ3) is 4.15. The molecular formula is C15H14ClFN2O4S. The highest BCUT2D eigenvalue weighted by atomic mass is 35.5. The zero-order valence-electron chi connectivity index (χ0n) is 12.8. The van der Waals surface area contributed by atoms with Gasteiger partial charge in [-0.05, 0) is 30.3 Å². The van der Waals surface area contributed by atoms with Crippen LogP contribution in [0.3, 0.4) is 0 Å².